The highest BCUT2D eigenvalue weighted by Gasteiger charge is 2.30. The van der Waals surface area contributed by atoms with Crippen LogP contribution >= 0.6 is 0 Å². The summed E-state index contributed by atoms with van der Waals surface area (Å²) in [6.07, 6.45) is -4.40. The molecule has 0 spiro atoms. The van der Waals surface area contributed by atoms with Gasteiger partial charge in [-0.05, 0) is 40.8 Å². The molecule has 0 fully saturated rings. The van der Waals surface area contributed by atoms with Gasteiger partial charge in [0.15, 0.2) is 0 Å². The largest absolute Gasteiger partial charge is 0.416 e. The van der Waals surface area contributed by atoms with Crippen LogP contribution < -0.4 is 5.32 Å². The first-order valence-electron chi connectivity index (χ1n) is 8.99. The number of halogens is 3. The second-order valence-corrected chi connectivity index (χ2v) is 6.60. The van der Waals surface area contributed by atoms with E-state index < -0.39 is 11.7 Å². The van der Waals surface area contributed by atoms with Crippen molar-refractivity contribution in [3.63, 3.8) is 0 Å². The van der Waals surface area contributed by atoms with Gasteiger partial charge in [0, 0.05) is 16.6 Å². The van der Waals surface area contributed by atoms with Gasteiger partial charge in [0.25, 0.3) is 5.91 Å². The molecule has 2 nitrogen and oxygen atoms in total. The van der Waals surface area contributed by atoms with Crippen molar-refractivity contribution in [3.05, 3.63) is 102 Å². The summed E-state index contributed by atoms with van der Waals surface area (Å²) < 4.78 is 38.5. The Morgan fingerprint density at radius 1 is 0.724 bits per heavy atom. The number of nitrogens with one attached hydrogen (secondary N) is 1. The molecule has 4 aromatic rings. The number of rotatable bonds is 3. The van der Waals surface area contributed by atoms with E-state index >= 15 is 0 Å². The highest BCUT2D eigenvalue weighted by Crippen LogP contribution is 2.32. The smallest absolute Gasteiger partial charge is 0.321 e. The number of anilines is 1. The standard InChI is InChI=1S/C24H16F3NO/c25-24(26,27)18-14-12-17(13-15-18)19-8-3-4-10-21(19)23(29)28-22-11-5-7-16-6-1-2-9-20(16)22/h1-15H,(H,28,29). The molecular weight excluding hydrogens is 375 g/mol. The molecule has 0 unspecified atom stereocenters. The molecule has 29 heavy (non-hydrogen) atoms. The van der Waals surface area contributed by atoms with E-state index in [1.807, 2.05) is 42.5 Å². The molecule has 0 bridgehead atoms. The molecule has 144 valence electrons. The second kappa shape index (κ2) is 7.43. The van der Waals surface area contributed by atoms with Crippen molar-refractivity contribution in [2.24, 2.45) is 0 Å². The highest BCUT2D eigenvalue weighted by molar-refractivity contribution is 6.12. The lowest BCUT2D eigenvalue weighted by Crippen LogP contribution is -2.13. The maximum absolute atomic E-state index is 13.0. The van der Waals surface area contributed by atoms with Crippen molar-refractivity contribution in [2.45, 2.75) is 6.18 Å². The molecule has 0 saturated heterocycles. The molecule has 4 aromatic carbocycles. The molecule has 0 aliphatic heterocycles. The Kier molecular flexibility index (Phi) is 4.80. The predicted molar refractivity (Wildman–Crippen MR) is 109 cm³/mol. The zero-order chi connectivity index (χ0) is 20.4. The topological polar surface area (TPSA) is 29.1 Å². The number of amides is 1. The minimum Gasteiger partial charge on any atom is -0.321 e. The number of alkyl halides is 3. The second-order valence-electron chi connectivity index (χ2n) is 6.60. The molecule has 1 N–H and O–H groups in total. The zero-order valence-electron chi connectivity index (χ0n) is 15.2. The van der Waals surface area contributed by atoms with Crippen LogP contribution in [0.15, 0.2) is 91.0 Å². The molecular formula is C24H16F3NO. The fraction of sp³-hybridized carbons (Fsp3) is 0.0417. The molecule has 0 aliphatic carbocycles. The van der Waals surface area contributed by atoms with Crippen LogP contribution in [0.25, 0.3) is 21.9 Å². The predicted octanol–water partition coefficient (Wildman–Crippen LogP) is 6.78. The molecule has 1 amide bonds. The van der Waals surface area contributed by atoms with Gasteiger partial charge in [-0.25, -0.2) is 0 Å². The van der Waals surface area contributed by atoms with E-state index in [2.05, 4.69) is 5.32 Å². The van der Waals surface area contributed by atoms with Gasteiger partial charge >= 0.3 is 6.18 Å². The van der Waals surface area contributed by atoms with Crippen LogP contribution in [0.2, 0.25) is 0 Å². The summed E-state index contributed by atoms with van der Waals surface area (Å²) in [5.74, 6) is -0.322. The first-order valence-corrected chi connectivity index (χ1v) is 8.99. The van der Waals surface area contributed by atoms with Crippen molar-refractivity contribution in [1.29, 1.82) is 0 Å². The van der Waals surface area contributed by atoms with Gasteiger partial charge in [-0.15, -0.1) is 0 Å². The average Bonchev–Trinajstić information content (AvgIpc) is 2.73. The van der Waals surface area contributed by atoms with Crippen LogP contribution in [0.5, 0.6) is 0 Å². The summed E-state index contributed by atoms with van der Waals surface area (Å²) >= 11 is 0. The Bertz CT molecular complexity index is 1180. The molecule has 0 radical (unpaired) electrons. The van der Waals surface area contributed by atoms with E-state index in [0.29, 0.717) is 22.4 Å². The monoisotopic (exact) mass is 391 g/mol. The van der Waals surface area contributed by atoms with Crippen LogP contribution in [0, 0.1) is 0 Å². The van der Waals surface area contributed by atoms with E-state index in [1.54, 1.807) is 24.3 Å². The Balaban J connectivity index is 1.68. The summed E-state index contributed by atoms with van der Waals surface area (Å²) in [4.78, 5) is 13.0. The van der Waals surface area contributed by atoms with Gasteiger partial charge < -0.3 is 5.32 Å². The molecule has 0 aromatic heterocycles. The lowest BCUT2D eigenvalue weighted by molar-refractivity contribution is -0.137. The van der Waals surface area contributed by atoms with Gasteiger partial charge in [0.2, 0.25) is 0 Å². The van der Waals surface area contributed by atoms with Gasteiger partial charge in [0.05, 0.1) is 5.56 Å². The quantitative estimate of drug-likeness (QED) is 0.410. The van der Waals surface area contributed by atoms with Gasteiger partial charge in [-0.3, -0.25) is 4.79 Å². The molecule has 0 atom stereocenters. The van der Waals surface area contributed by atoms with Gasteiger partial charge in [-0.1, -0.05) is 66.7 Å². The number of hydrogen-bond acceptors (Lipinski definition) is 1. The molecule has 0 saturated carbocycles. The third-order valence-corrected chi connectivity index (χ3v) is 4.73. The lowest BCUT2D eigenvalue weighted by Gasteiger charge is -2.13. The Labute approximate surface area is 165 Å². The number of carbonyl (C=O) groups excluding carboxylic acids is 1. The maximum atomic E-state index is 13.0. The van der Waals surface area contributed by atoms with Crippen LogP contribution in [-0.2, 0) is 6.18 Å². The average molecular weight is 391 g/mol. The SMILES string of the molecule is O=C(Nc1cccc2ccccc12)c1ccccc1-c1ccc(C(F)(F)F)cc1. The van der Waals surface area contributed by atoms with Crippen molar-refractivity contribution in [3.8, 4) is 11.1 Å². The fourth-order valence-corrected chi connectivity index (χ4v) is 3.30. The van der Waals surface area contributed by atoms with Crippen molar-refractivity contribution in [1.82, 2.24) is 0 Å². The number of carbonyl (C=O) groups is 1. The van der Waals surface area contributed by atoms with E-state index in [9.17, 15) is 18.0 Å². The summed E-state index contributed by atoms with van der Waals surface area (Å²) in [6.45, 7) is 0. The summed E-state index contributed by atoms with van der Waals surface area (Å²) in [5.41, 5.74) is 1.45. The lowest BCUT2D eigenvalue weighted by atomic mass is 9.98. The number of hydrogen-bond donors (Lipinski definition) is 1. The van der Waals surface area contributed by atoms with Crippen LogP contribution in [0.1, 0.15) is 15.9 Å². The van der Waals surface area contributed by atoms with Crippen molar-refractivity contribution < 1.29 is 18.0 Å². The van der Waals surface area contributed by atoms with Crippen LogP contribution in [-0.4, -0.2) is 5.91 Å². The Hall–Kier alpha value is -3.60. The Morgan fingerprint density at radius 2 is 1.38 bits per heavy atom. The van der Waals surface area contributed by atoms with Crippen molar-refractivity contribution in [2.75, 3.05) is 5.32 Å². The van der Waals surface area contributed by atoms with E-state index in [0.717, 1.165) is 22.9 Å². The fourth-order valence-electron chi connectivity index (χ4n) is 3.30. The number of fused-ring (bicyclic) bond motifs is 1. The van der Waals surface area contributed by atoms with E-state index in [4.69, 9.17) is 0 Å². The molecule has 4 rings (SSSR count). The zero-order valence-corrected chi connectivity index (χ0v) is 15.2. The normalized spacial score (nSPS) is 11.4. The molecule has 0 aliphatic rings. The third-order valence-electron chi connectivity index (χ3n) is 4.73. The van der Waals surface area contributed by atoms with Gasteiger partial charge in [0.1, 0.15) is 0 Å². The highest BCUT2D eigenvalue weighted by atomic mass is 19.4. The third kappa shape index (κ3) is 3.85. The minimum absolute atomic E-state index is 0.322. The van der Waals surface area contributed by atoms with Crippen LogP contribution in [0.4, 0.5) is 18.9 Å². The first kappa shape index (κ1) is 18.7. The van der Waals surface area contributed by atoms with E-state index in [-0.39, 0.29) is 5.91 Å². The first-order chi connectivity index (χ1) is 13.9. The summed E-state index contributed by atoms with van der Waals surface area (Å²) in [7, 11) is 0. The Morgan fingerprint density at radius 3 is 2.14 bits per heavy atom. The number of benzene rings is 4. The van der Waals surface area contributed by atoms with E-state index in [1.165, 1.54) is 12.1 Å². The summed E-state index contributed by atoms with van der Waals surface area (Å²) in [6, 6.07) is 25.0. The minimum atomic E-state index is -4.40. The summed E-state index contributed by atoms with van der Waals surface area (Å²) in [5, 5.41) is 4.84. The maximum Gasteiger partial charge on any atom is 0.416 e. The molecule has 5 heteroatoms. The van der Waals surface area contributed by atoms with Crippen molar-refractivity contribution >= 4 is 22.4 Å². The van der Waals surface area contributed by atoms with Crippen LogP contribution in [0.3, 0.4) is 0 Å². The molecule has 0 heterocycles. The van der Waals surface area contributed by atoms with Gasteiger partial charge in [-0.2, -0.15) is 13.2 Å².